The van der Waals surface area contributed by atoms with E-state index in [0.717, 1.165) is 23.6 Å². The lowest BCUT2D eigenvalue weighted by atomic mass is 10.0. The van der Waals surface area contributed by atoms with E-state index >= 15 is 0 Å². The fourth-order valence-electron chi connectivity index (χ4n) is 1.78. The Balaban J connectivity index is 2.63. The molecule has 0 saturated carbocycles. The van der Waals surface area contributed by atoms with E-state index in [1.165, 1.54) is 11.6 Å². The number of fused-ring (bicyclic) bond motifs is 1. The lowest BCUT2D eigenvalue weighted by Gasteiger charge is -2.05. The van der Waals surface area contributed by atoms with E-state index < -0.39 is 0 Å². The quantitative estimate of drug-likeness (QED) is 0.734. The molecule has 0 bridgehead atoms. The van der Waals surface area contributed by atoms with Crippen LogP contribution in [0.25, 0.3) is 10.8 Å². The van der Waals surface area contributed by atoms with Crippen LogP contribution in [0.2, 0.25) is 0 Å². The molecule has 78 valence electrons. The summed E-state index contributed by atoms with van der Waals surface area (Å²) in [5.41, 5.74) is 1.19. The van der Waals surface area contributed by atoms with Crippen molar-refractivity contribution in [1.82, 2.24) is 0 Å². The average Bonchev–Trinajstić information content (AvgIpc) is 2.25. The third-order valence-corrected chi connectivity index (χ3v) is 2.57. The van der Waals surface area contributed by atoms with Crippen molar-refractivity contribution < 1.29 is 10.2 Å². The molecule has 0 fully saturated rings. The summed E-state index contributed by atoms with van der Waals surface area (Å²) in [5, 5.41) is 20.8. The Morgan fingerprint density at radius 2 is 1.80 bits per heavy atom. The van der Waals surface area contributed by atoms with Gasteiger partial charge < -0.3 is 10.2 Å². The Morgan fingerprint density at radius 1 is 1.07 bits per heavy atom. The van der Waals surface area contributed by atoms with Crippen molar-refractivity contribution in [3.63, 3.8) is 0 Å². The van der Waals surface area contributed by atoms with E-state index in [1.807, 2.05) is 12.1 Å². The summed E-state index contributed by atoms with van der Waals surface area (Å²) in [7, 11) is 0. The second-order valence-electron chi connectivity index (χ2n) is 3.74. The van der Waals surface area contributed by atoms with E-state index in [-0.39, 0.29) is 11.5 Å². The highest BCUT2D eigenvalue weighted by Gasteiger charge is 2.05. The van der Waals surface area contributed by atoms with Gasteiger partial charge in [-0.1, -0.05) is 31.5 Å². The van der Waals surface area contributed by atoms with E-state index in [2.05, 4.69) is 13.0 Å². The number of benzene rings is 2. The predicted molar refractivity (Wildman–Crippen MR) is 61.3 cm³/mol. The van der Waals surface area contributed by atoms with Gasteiger partial charge in [0.05, 0.1) is 0 Å². The first-order valence-electron chi connectivity index (χ1n) is 5.16. The number of phenols is 2. The first kappa shape index (κ1) is 9.84. The van der Waals surface area contributed by atoms with Crippen molar-refractivity contribution in [2.24, 2.45) is 0 Å². The third kappa shape index (κ3) is 1.75. The molecule has 0 atom stereocenters. The summed E-state index contributed by atoms with van der Waals surface area (Å²) in [4.78, 5) is 0. The average molecular weight is 202 g/mol. The molecule has 0 amide bonds. The molecule has 2 rings (SSSR count). The molecule has 2 nitrogen and oxygen atoms in total. The molecule has 2 heteroatoms. The van der Waals surface area contributed by atoms with E-state index in [9.17, 15) is 10.2 Å². The van der Waals surface area contributed by atoms with Gasteiger partial charge in [-0.3, -0.25) is 0 Å². The fraction of sp³-hybridized carbons (Fsp3) is 0.231. The van der Waals surface area contributed by atoms with Crippen LogP contribution in [0.3, 0.4) is 0 Å². The number of hydrogen-bond acceptors (Lipinski definition) is 2. The lowest BCUT2D eigenvalue weighted by Crippen LogP contribution is -1.83. The number of aryl methyl sites for hydroxylation is 1. The van der Waals surface area contributed by atoms with Crippen LogP contribution < -0.4 is 0 Å². The van der Waals surface area contributed by atoms with Crippen molar-refractivity contribution in [1.29, 1.82) is 0 Å². The molecule has 0 unspecified atom stereocenters. The first-order chi connectivity index (χ1) is 7.22. The van der Waals surface area contributed by atoms with Crippen LogP contribution in [0.1, 0.15) is 18.9 Å². The van der Waals surface area contributed by atoms with Crippen LogP contribution in [-0.4, -0.2) is 10.2 Å². The predicted octanol–water partition coefficient (Wildman–Crippen LogP) is 3.20. The zero-order valence-electron chi connectivity index (χ0n) is 8.70. The van der Waals surface area contributed by atoms with Gasteiger partial charge in [0.1, 0.15) is 0 Å². The molecule has 0 heterocycles. The second kappa shape index (κ2) is 3.81. The molecule has 2 aromatic rings. The van der Waals surface area contributed by atoms with Crippen LogP contribution in [0.4, 0.5) is 0 Å². The van der Waals surface area contributed by atoms with Crippen molar-refractivity contribution in [3.05, 3.63) is 35.9 Å². The Labute approximate surface area is 88.8 Å². The van der Waals surface area contributed by atoms with Crippen LogP contribution >= 0.6 is 0 Å². The Morgan fingerprint density at radius 3 is 2.53 bits per heavy atom. The topological polar surface area (TPSA) is 40.5 Å². The summed E-state index contributed by atoms with van der Waals surface area (Å²) in [5.74, 6) is -0.0819. The zero-order valence-corrected chi connectivity index (χ0v) is 8.70. The van der Waals surface area contributed by atoms with Gasteiger partial charge in [0.25, 0.3) is 0 Å². The van der Waals surface area contributed by atoms with Gasteiger partial charge in [0.2, 0.25) is 0 Å². The van der Waals surface area contributed by atoms with E-state index in [1.54, 1.807) is 6.07 Å². The standard InChI is InChI=1S/C13H14O2/c1-2-3-9-4-5-10-6-7-12(14)13(15)11(10)8-9/h4-8,14-15H,2-3H2,1H3. The van der Waals surface area contributed by atoms with Gasteiger partial charge in [0, 0.05) is 5.39 Å². The second-order valence-corrected chi connectivity index (χ2v) is 3.74. The maximum Gasteiger partial charge on any atom is 0.165 e. The van der Waals surface area contributed by atoms with Crippen LogP contribution in [-0.2, 0) is 6.42 Å². The third-order valence-electron chi connectivity index (χ3n) is 2.57. The van der Waals surface area contributed by atoms with Gasteiger partial charge in [-0.15, -0.1) is 0 Å². The molecule has 2 N–H and O–H groups in total. The van der Waals surface area contributed by atoms with E-state index in [4.69, 9.17) is 0 Å². The van der Waals surface area contributed by atoms with Gasteiger partial charge in [-0.05, 0) is 29.5 Å². The summed E-state index contributed by atoms with van der Waals surface area (Å²) < 4.78 is 0. The minimum atomic E-state index is -0.0591. The summed E-state index contributed by atoms with van der Waals surface area (Å²) in [6.45, 7) is 2.12. The fourth-order valence-corrected chi connectivity index (χ4v) is 1.78. The molecule has 0 aromatic heterocycles. The molecule has 0 aliphatic heterocycles. The van der Waals surface area contributed by atoms with Crippen molar-refractivity contribution in [2.75, 3.05) is 0 Å². The molecule has 0 radical (unpaired) electrons. The maximum atomic E-state index is 9.70. The van der Waals surface area contributed by atoms with Crippen molar-refractivity contribution in [3.8, 4) is 11.5 Å². The molecule has 0 aliphatic carbocycles. The molecule has 0 spiro atoms. The SMILES string of the molecule is CCCc1ccc2ccc(O)c(O)c2c1. The number of hydrogen-bond donors (Lipinski definition) is 2. The molecule has 15 heavy (non-hydrogen) atoms. The normalized spacial score (nSPS) is 10.7. The van der Waals surface area contributed by atoms with Crippen molar-refractivity contribution >= 4 is 10.8 Å². The van der Waals surface area contributed by atoms with Gasteiger partial charge in [-0.2, -0.15) is 0 Å². The molecule has 0 saturated heterocycles. The molecular formula is C13H14O2. The van der Waals surface area contributed by atoms with Gasteiger partial charge >= 0.3 is 0 Å². The number of aromatic hydroxyl groups is 2. The first-order valence-corrected chi connectivity index (χ1v) is 5.16. The maximum absolute atomic E-state index is 9.70. The minimum absolute atomic E-state index is 0.0227. The monoisotopic (exact) mass is 202 g/mol. The summed E-state index contributed by atoms with van der Waals surface area (Å²) in [6.07, 6.45) is 2.07. The zero-order chi connectivity index (χ0) is 10.8. The number of rotatable bonds is 2. The van der Waals surface area contributed by atoms with Gasteiger partial charge in [-0.25, -0.2) is 0 Å². The van der Waals surface area contributed by atoms with Crippen LogP contribution in [0.5, 0.6) is 11.5 Å². The summed E-state index contributed by atoms with van der Waals surface area (Å²) in [6, 6.07) is 9.28. The van der Waals surface area contributed by atoms with Gasteiger partial charge in [0.15, 0.2) is 11.5 Å². The largest absolute Gasteiger partial charge is 0.504 e. The highest BCUT2D eigenvalue weighted by Crippen LogP contribution is 2.33. The highest BCUT2D eigenvalue weighted by molar-refractivity contribution is 5.90. The molecular weight excluding hydrogens is 188 g/mol. The van der Waals surface area contributed by atoms with Crippen molar-refractivity contribution in [2.45, 2.75) is 19.8 Å². The Kier molecular flexibility index (Phi) is 2.50. The Bertz CT molecular complexity index is 489. The smallest absolute Gasteiger partial charge is 0.165 e. The van der Waals surface area contributed by atoms with E-state index in [0.29, 0.717) is 0 Å². The number of phenolic OH excluding ortho intramolecular Hbond substituents is 2. The molecule has 0 aliphatic rings. The Hall–Kier alpha value is -1.70. The lowest BCUT2D eigenvalue weighted by molar-refractivity contribution is 0.408. The minimum Gasteiger partial charge on any atom is -0.504 e. The summed E-state index contributed by atoms with van der Waals surface area (Å²) >= 11 is 0. The van der Waals surface area contributed by atoms with Crippen LogP contribution in [0.15, 0.2) is 30.3 Å². The van der Waals surface area contributed by atoms with Crippen LogP contribution in [0, 0.1) is 0 Å². The highest BCUT2D eigenvalue weighted by atomic mass is 16.3. The molecule has 2 aromatic carbocycles.